The number of amides is 3. The van der Waals surface area contributed by atoms with E-state index in [2.05, 4.69) is 20.8 Å². The van der Waals surface area contributed by atoms with E-state index >= 15 is 0 Å². The van der Waals surface area contributed by atoms with Gasteiger partial charge in [0.15, 0.2) is 0 Å². The summed E-state index contributed by atoms with van der Waals surface area (Å²) in [7, 11) is 0. The molecule has 0 radical (unpaired) electrons. The third kappa shape index (κ3) is 5.34. The van der Waals surface area contributed by atoms with E-state index in [4.69, 9.17) is 4.42 Å². The van der Waals surface area contributed by atoms with Crippen molar-refractivity contribution in [3.63, 3.8) is 0 Å². The molecule has 3 rings (SSSR count). The fraction of sp³-hybridized carbons (Fsp3) is 0.500. The first-order chi connectivity index (χ1) is 13.4. The highest BCUT2D eigenvalue weighted by molar-refractivity contribution is 8.00. The van der Waals surface area contributed by atoms with Gasteiger partial charge in [-0.15, -0.1) is 10.2 Å². The van der Waals surface area contributed by atoms with Crippen molar-refractivity contribution in [2.75, 3.05) is 0 Å². The molecular weight excluding hydrogens is 376 g/mol. The van der Waals surface area contributed by atoms with E-state index in [-0.39, 0.29) is 11.9 Å². The predicted octanol–water partition coefficient (Wildman–Crippen LogP) is 3.99. The lowest BCUT2D eigenvalue weighted by Gasteiger charge is -2.22. The smallest absolute Gasteiger partial charge is 0.321 e. The number of aromatic nitrogens is 2. The van der Waals surface area contributed by atoms with Gasteiger partial charge in [-0.1, -0.05) is 37.1 Å². The van der Waals surface area contributed by atoms with E-state index in [0.29, 0.717) is 11.1 Å². The summed E-state index contributed by atoms with van der Waals surface area (Å²) in [4.78, 5) is 24.3. The molecule has 150 valence electrons. The highest BCUT2D eigenvalue weighted by Gasteiger charge is 2.22. The molecular formula is C20H26N4O3S. The van der Waals surface area contributed by atoms with Crippen molar-refractivity contribution in [2.24, 2.45) is 0 Å². The minimum absolute atomic E-state index is 0.154. The molecule has 1 fully saturated rings. The van der Waals surface area contributed by atoms with Crippen molar-refractivity contribution >= 4 is 23.7 Å². The maximum atomic E-state index is 12.3. The van der Waals surface area contributed by atoms with Crippen molar-refractivity contribution in [3.05, 3.63) is 29.3 Å². The molecule has 1 saturated carbocycles. The van der Waals surface area contributed by atoms with Crippen molar-refractivity contribution in [1.29, 1.82) is 0 Å². The molecule has 1 aromatic heterocycles. The van der Waals surface area contributed by atoms with Crippen LogP contribution in [0.3, 0.4) is 0 Å². The zero-order valence-corrected chi connectivity index (χ0v) is 17.3. The number of nitrogens with one attached hydrogen (secondary N) is 2. The molecule has 2 aromatic rings. The van der Waals surface area contributed by atoms with Crippen LogP contribution in [0.1, 0.15) is 50.2 Å². The second kappa shape index (κ2) is 9.23. The summed E-state index contributed by atoms with van der Waals surface area (Å²) in [5, 5.41) is 13.1. The predicted molar refractivity (Wildman–Crippen MR) is 108 cm³/mol. The summed E-state index contributed by atoms with van der Waals surface area (Å²) in [6.45, 7) is 5.77. The highest BCUT2D eigenvalue weighted by Crippen LogP contribution is 2.27. The van der Waals surface area contributed by atoms with E-state index < -0.39 is 11.3 Å². The molecule has 2 N–H and O–H groups in total. The SMILES string of the molecule is Cc1ccc(-c2nnc(SC(C)C(=O)NC(=O)NC3CCCCC3)o2)cc1C. The van der Waals surface area contributed by atoms with E-state index in [1.54, 1.807) is 6.92 Å². The normalized spacial score (nSPS) is 15.8. The molecule has 28 heavy (non-hydrogen) atoms. The second-order valence-electron chi connectivity index (χ2n) is 7.23. The van der Waals surface area contributed by atoms with Crippen molar-refractivity contribution in [3.8, 4) is 11.5 Å². The van der Waals surface area contributed by atoms with Gasteiger partial charge in [0.25, 0.3) is 5.22 Å². The Morgan fingerprint density at radius 3 is 2.61 bits per heavy atom. The molecule has 0 spiro atoms. The summed E-state index contributed by atoms with van der Waals surface area (Å²) >= 11 is 1.13. The van der Waals surface area contributed by atoms with Crippen molar-refractivity contribution in [2.45, 2.75) is 69.4 Å². The van der Waals surface area contributed by atoms with Gasteiger partial charge in [-0.05, 0) is 56.9 Å². The Kier molecular flexibility index (Phi) is 6.72. The number of rotatable bonds is 5. The summed E-state index contributed by atoms with van der Waals surface area (Å²) in [6.07, 6.45) is 5.38. The van der Waals surface area contributed by atoms with Crippen LogP contribution in [-0.4, -0.2) is 33.4 Å². The Morgan fingerprint density at radius 2 is 1.89 bits per heavy atom. The Hall–Kier alpha value is -2.35. The molecule has 1 unspecified atom stereocenters. The average molecular weight is 403 g/mol. The third-order valence-corrected chi connectivity index (χ3v) is 5.92. The van der Waals surface area contributed by atoms with Gasteiger partial charge in [0.1, 0.15) is 0 Å². The van der Waals surface area contributed by atoms with Gasteiger partial charge >= 0.3 is 6.03 Å². The van der Waals surface area contributed by atoms with E-state index in [9.17, 15) is 9.59 Å². The van der Waals surface area contributed by atoms with E-state index in [1.807, 2.05) is 32.0 Å². The number of nitrogens with zero attached hydrogens (tertiary/aromatic N) is 2. The number of hydrogen-bond acceptors (Lipinski definition) is 6. The molecule has 8 heteroatoms. The van der Waals surface area contributed by atoms with E-state index in [0.717, 1.165) is 48.6 Å². The second-order valence-corrected chi connectivity index (χ2v) is 8.52. The summed E-state index contributed by atoms with van der Waals surface area (Å²) in [5.74, 6) is 0.0255. The zero-order chi connectivity index (χ0) is 20.1. The molecule has 0 saturated heterocycles. The van der Waals surface area contributed by atoms with E-state index in [1.165, 1.54) is 12.0 Å². The third-order valence-electron chi connectivity index (χ3n) is 4.98. The molecule has 1 aliphatic carbocycles. The van der Waals surface area contributed by atoms with Crippen LogP contribution in [0.25, 0.3) is 11.5 Å². The van der Waals surface area contributed by atoms with Crippen LogP contribution in [-0.2, 0) is 4.79 Å². The number of hydrogen-bond donors (Lipinski definition) is 2. The first kappa shape index (κ1) is 20.4. The van der Waals surface area contributed by atoms with Crippen LogP contribution in [0, 0.1) is 13.8 Å². The number of imide groups is 1. The number of carbonyl (C=O) groups excluding carboxylic acids is 2. The fourth-order valence-corrected chi connectivity index (χ4v) is 3.82. The van der Waals surface area contributed by atoms with Crippen LogP contribution >= 0.6 is 11.8 Å². The van der Waals surface area contributed by atoms with Gasteiger partial charge in [0.05, 0.1) is 5.25 Å². The minimum atomic E-state index is -0.537. The number of benzene rings is 1. The Bertz CT molecular complexity index is 846. The molecule has 0 aliphatic heterocycles. The lowest BCUT2D eigenvalue weighted by molar-refractivity contribution is -0.119. The monoisotopic (exact) mass is 402 g/mol. The molecule has 1 aliphatic rings. The fourth-order valence-electron chi connectivity index (χ4n) is 3.14. The Balaban J connectivity index is 1.53. The summed E-state index contributed by atoms with van der Waals surface area (Å²) in [5.41, 5.74) is 3.17. The van der Waals surface area contributed by atoms with Gasteiger partial charge in [-0.2, -0.15) is 0 Å². The highest BCUT2D eigenvalue weighted by atomic mass is 32.2. The lowest BCUT2D eigenvalue weighted by atomic mass is 9.96. The molecule has 1 heterocycles. The Labute approximate surface area is 169 Å². The van der Waals surface area contributed by atoms with Crippen LogP contribution in [0.4, 0.5) is 4.79 Å². The van der Waals surface area contributed by atoms with Crippen LogP contribution in [0.15, 0.2) is 27.8 Å². The van der Waals surface area contributed by atoms with Crippen LogP contribution in [0.2, 0.25) is 0 Å². The maximum absolute atomic E-state index is 12.3. The molecule has 3 amide bonds. The number of urea groups is 1. The topological polar surface area (TPSA) is 97.1 Å². The van der Waals surface area contributed by atoms with Gasteiger partial charge in [-0.3, -0.25) is 10.1 Å². The molecule has 0 bridgehead atoms. The number of carbonyl (C=O) groups is 2. The van der Waals surface area contributed by atoms with Crippen LogP contribution in [0.5, 0.6) is 0 Å². The largest absolute Gasteiger partial charge is 0.411 e. The average Bonchev–Trinajstić information content (AvgIpc) is 3.13. The number of aryl methyl sites for hydroxylation is 2. The molecule has 7 nitrogen and oxygen atoms in total. The summed E-state index contributed by atoms with van der Waals surface area (Å²) in [6, 6.07) is 5.63. The maximum Gasteiger partial charge on any atom is 0.321 e. The van der Waals surface area contributed by atoms with Gasteiger partial charge in [0, 0.05) is 11.6 Å². The van der Waals surface area contributed by atoms with Gasteiger partial charge in [0.2, 0.25) is 11.8 Å². The van der Waals surface area contributed by atoms with Crippen molar-refractivity contribution < 1.29 is 14.0 Å². The number of thioether (sulfide) groups is 1. The standard InChI is InChI=1S/C20H26N4O3S/c1-12-9-10-15(11-13(12)2)18-23-24-20(27-18)28-14(3)17(25)22-19(26)21-16-7-5-4-6-8-16/h9-11,14,16H,4-8H2,1-3H3,(H2,21,22,25,26). The quantitative estimate of drug-likeness (QED) is 0.734. The van der Waals surface area contributed by atoms with Gasteiger partial charge < -0.3 is 9.73 Å². The van der Waals surface area contributed by atoms with Crippen molar-refractivity contribution in [1.82, 2.24) is 20.8 Å². The van der Waals surface area contributed by atoms with Crippen LogP contribution < -0.4 is 10.6 Å². The summed E-state index contributed by atoms with van der Waals surface area (Å²) < 4.78 is 5.67. The minimum Gasteiger partial charge on any atom is -0.411 e. The Morgan fingerprint density at radius 1 is 1.14 bits per heavy atom. The molecule has 1 atom stereocenters. The first-order valence-electron chi connectivity index (χ1n) is 9.61. The van der Waals surface area contributed by atoms with Gasteiger partial charge in [-0.25, -0.2) is 4.79 Å². The lowest BCUT2D eigenvalue weighted by Crippen LogP contribution is -2.47. The zero-order valence-electron chi connectivity index (χ0n) is 16.4. The molecule has 1 aromatic carbocycles. The first-order valence-corrected chi connectivity index (χ1v) is 10.5.